The third-order valence-corrected chi connectivity index (χ3v) is 8.21. The number of piperidine rings is 1. The van der Waals surface area contributed by atoms with Crippen molar-refractivity contribution in [1.29, 1.82) is 0 Å². The Morgan fingerprint density at radius 3 is 2.45 bits per heavy atom. The lowest BCUT2D eigenvalue weighted by molar-refractivity contribution is -0.157. The quantitative estimate of drug-likeness (QED) is 0.579. The van der Waals surface area contributed by atoms with Gasteiger partial charge in [0.15, 0.2) is 0 Å². The van der Waals surface area contributed by atoms with E-state index in [2.05, 4.69) is 5.32 Å². The summed E-state index contributed by atoms with van der Waals surface area (Å²) in [5.41, 5.74) is -1.71. The number of rotatable bonds is 6. The van der Waals surface area contributed by atoms with E-state index in [1.807, 2.05) is 37.8 Å². The highest BCUT2D eigenvalue weighted by atomic mass is 35.5. The summed E-state index contributed by atoms with van der Waals surface area (Å²) in [5.74, 6) is -0.490. The number of halogens is 1. The molecule has 6 nitrogen and oxygen atoms in total. The fraction of sp³-hybridized carbons (Fsp3) is 0.692. The molecule has 1 heterocycles. The van der Waals surface area contributed by atoms with E-state index in [0.717, 1.165) is 24.8 Å². The zero-order chi connectivity index (χ0) is 24.6. The van der Waals surface area contributed by atoms with E-state index in [-0.39, 0.29) is 36.1 Å². The standard InChI is InChI=1S/C26H39ClN2O4/c1-17(25(4,5)32)15-22(30)28-21-8-6-7-20(21)23(31)29-14-13-26(33,24(2,3)16-29)18-9-11-19(27)12-10-18/h9-12,17,20-21,32-33H,6-8,13-16H2,1-5H3,(H,28,30)/t17-,20+,21-,26+/m1/s1. The van der Waals surface area contributed by atoms with Gasteiger partial charge in [-0.15, -0.1) is 0 Å². The van der Waals surface area contributed by atoms with Crippen molar-refractivity contribution >= 4 is 23.4 Å². The topological polar surface area (TPSA) is 89.9 Å². The highest BCUT2D eigenvalue weighted by molar-refractivity contribution is 6.30. The van der Waals surface area contributed by atoms with Crippen molar-refractivity contribution in [3.8, 4) is 0 Å². The first-order valence-electron chi connectivity index (χ1n) is 12.0. The monoisotopic (exact) mass is 478 g/mol. The molecule has 33 heavy (non-hydrogen) atoms. The van der Waals surface area contributed by atoms with Crippen LogP contribution < -0.4 is 5.32 Å². The first-order valence-corrected chi connectivity index (χ1v) is 12.4. The number of amides is 2. The van der Waals surface area contributed by atoms with Gasteiger partial charge in [0.05, 0.1) is 17.1 Å². The Hall–Kier alpha value is -1.63. The van der Waals surface area contributed by atoms with Gasteiger partial charge in [0.2, 0.25) is 11.8 Å². The van der Waals surface area contributed by atoms with Gasteiger partial charge in [-0.05, 0) is 56.7 Å². The molecular weight excluding hydrogens is 440 g/mol. The summed E-state index contributed by atoms with van der Waals surface area (Å²) in [6.45, 7) is 10.2. The summed E-state index contributed by atoms with van der Waals surface area (Å²) >= 11 is 6.03. The molecule has 7 heteroatoms. The molecule has 2 fully saturated rings. The van der Waals surface area contributed by atoms with Crippen LogP contribution in [0.5, 0.6) is 0 Å². The molecule has 2 amide bonds. The minimum absolute atomic E-state index is 0.0552. The van der Waals surface area contributed by atoms with Gasteiger partial charge in [0, 0.05) is 36.0 Å². The molecule has 1 aromatic carbocycles. The molecule has 3 rings (SSSR count). The second-order valence-corrected chi connectivity index (χ2v) is 11.7. The summed E-state index contributed by atoms with van der Waals surface area (Å²) in [7, 11) is 0. The summed E-state index contributed by atoms with van der Waals surface area (Å²) in [6.07, 6.45) is 3.11. The van der Waals surface area contributed by atoms with Crippen molar-refractivity contribution in [1.82, 2.24) is 10.2 Å². The number of nitrogens with one attached hydrogen (secondary N) is 1. The van der Waals surface area contributed by atoms with E-state index < -0.39 is 16.6 Å². The number of carbonyl (C=O) groups is 2. The van der Waals surface area contributed by atoms with E-state index in [1.54, 1.807) is 26.0 Å². The lowest BCUT2D eigenvalue weighted by Gasteiger charge is -2.51. The molecule has 1 aliphatic heterocycles. The number of aliphatic hydroxyl groups is 2. The molecule has 4 atom stereocenters. The van der Waals surface area contributed by atoms with Crippen LogP contribution in [0.2, 0.25) is 5.02 Å². The normalized spacial score (nSPS) is 28.4. The van der Waals surface area contributed by atoms with E-state index in [9.17, 15) is 19.8 Å². The van der Waals surface area contributed by atoms with Crippen LogP contribution in [-0.2, 0) is 15.2 Å². The predicted octanol–water partition coefficient (Wildman–Crippen LogP) is 3.87. The SMILES string of the molecule is C[C@H](CC(=O)N[C@@H]1CCC[C@@H]1C(=O)N1CC[C@](O)(c2ccc(Cl)cc2)C(C)(C)C1)C(C)(C)O. The summed E-state index contributed by atoms with van der Waals surface area (Å²) in [5, 5.41) is 25.4. The van der Waals surface area contributed by atoms with Crippen molar-refractivity contribution in [3.63, 3.8) is 0 Å². The first kappa shape index (κ1) is 26.0. The second-order valence-electron chi connectivity index (χ2n) is 11.2. The van der Waals surface area contributed by atoms with Gasteiger partial charge in [-0.25, -0.2) is 0 Å². The van der Waals surface area contributed by atoms with Gasteiger partial charge < -0.3 is 20.4 Å². The second kappa shape index (κ2) is 9.55. The number of carbonyl (C=O) groups excluding carboxylic acids is 2. The summed E-state index contributed by atoms with van der Waals surface area (Å²) < 4.78 is 0. The molecule has 3 N–H and O–H groups in total. The third-order valence-electron chi connectivity index (χ3n) is 7.96. The number of hydrogen-bond acceptors (Lipinski definition) is 4. The lowest BCUT2D eigenvalue weighted by Crippen LogP contribution is -2.58. The van der Waals surface area contributed by atoms with Gasteiger partial charge in [0.25, 0.3) is 0 Å². The molecule has 0 unspecified atom stereocenters. The molecule has 0 spiro atoms. The fourth-order valence-corrected chi connectivity index (χ4v) is 5.35. The number of benzene rings is 1. The Bertz CT molecular complexity index is 864. The average molecular weight is 479 g/mol. The van der Waals surface area contributed by atoms with Crippen LogP contribution in [0.3, 0.4) is 0 Å². The number of hydrogen-bond donors (Lipinski definition) is 3. The Labute approximate surface area is 202 Å². The predicted molar refractivity (Wildman–Crippen MR) is 130 cm³/mol. The third kappa shape index (κ3) is 5.55. The van der Waals surface area contributed by atoms with Crippen LogP contribution in [0.1, 0.15) is 72.3 Å². The maximum atomic E-state index is 13.5. The van der Waals surface area contributed by atoms with E-state index in [4.69, 9.17) is 11.6 Å². The minimum Gasteiger partial charge on any atom is -0.390 e. The van der Waals surface area contributed by atoms with Crippen LogP contribution in [0.15, 0.2) is 24.3 Å². The van der Waals surface area contributed by atoms with Crippen LogP contribution in [-0.4, -0.2) is 51.7 Å². The maximum Gasteiger partial charge on any atom is 0.227 e. The van der Waals surface area contributed by atoms with Gasteiger partial charge >= 0.3 is 0 Å². The van der Waals surface area contributed by atoms with Crippen LogP contribution in [0, 0.1) is 17.3 Å². The van der Waals surface area contributed by atoms with Crippen LogP contribution in [0.25, 0.3) is 0 Å². The Morgan fingerprint density at radius 1 is 1.24 bits per heavy atom. The minimum atomic E-state index is -1.05. The van der Waals surface area contributed by atoms with Crippen molar-refractivity contribution in [2.75, 3.05) is 13.1 Å². The number of nitrogens with zero attached hydrogens (tertiary/aromatic N) is 1. The molecule has 0 radical (unpaired) electrons. The highest BCUT2D eigenvalue weighted by Crippen LogP contribution is 2.46. The fourth-order valence-electron chi connectivity index (χ4n) is 5.23. The Balaban J connectivity index is 1.66. The van der Waals surface area contributed by atoms with Gasteiger partial charge in [-0.3, -0.25) is 9.59 Å². The van der Waals surface area contributed by atoms with Crippen molar-refractivity contribution in [2.45, 2.75) is 84.0 Å². The lowest BCUT2D eigenvalue weighted by atomic mass is 9.66. The molecule has 0 aromatic heterocycles. The zero-order valence-electron chi connectivity index (χ0n) is 20.5. The van der Waals surface area contributed by atoms with Crippen LogP contribution in [0.4, 0.5) is 0 Å². The number of likely N-dealkylation sites (tertiary alicyclic amines) is 1. The van der Waals surface area contributed by atoms with E-state index >= 15 is 0 Å². The van der Waals surface area contributed by atoms with Gasteiger partial charge in [-0.1, -0.05) is 50.9 Å². The van der Waals surface area contributed by atoms with Crippen LogP contribution >= 0.6 is 11.6 Å². The van der Waals surface area contributed by atoms with Gasteiger partial charge in [0.1, 0.15) is 0 Å². The Kier molecular flexibility index (Phi) is 7.52. The molecule has 184 valence electrons. The molecule has 1 aromatic rings. The smallest absolute Gasteiger partial charge is 0.227 e. The summed E-state index contributed by atoms with van der Waals surface area (Å²) in [6, 6.07) is 7.11. The molecule has 2 aliphatic rings. The largest absolute Gasteiger partial charge is 0.390 e. The summed E-state index contributed by atoms with van der Waals surface area (Å²) in [4.78, 5) is 27.9. The average Bonchev–Trinajstić information content (AvgIpc) is 3.17. The highest BCUT2D eigenvalue weighted by Gasteiger charge is 2.50. The molecule has 0 bridgehead atoms. The first-order chi connectivity index (χ1) is 15.2. The molecule has 1 saturated carbocycles. The van der Waals surface area contributed by atoms with E-state index in [1.165, 1.54) is 0 Å². The van der Waals surface area contributed by atoms with Crippen molar-refractivity contribution in [3.05, 3.63) is 34.9 Å². The van der Waals surface area contributed by atoms with Gasteiger partial charge in [-0.2, -0.15) is 0 Å². The maximum absolute atomic E-state index is 13.5. The van der Waals surface area contributed by atoms with E-state index in [0.29, 0.717) is 24.5 Å². The molecule has 1 aliphatic carbocycles. The molecule has 1 saturated heterocycles. The Morgan fingerprint density at radius 2 is 1.88 bits per heavy atom. The van der Waals surface area contributed by atoms with Crippen molar-refractivity contribution < 1.29 is 19.8 Å². The van der Waals surface area contributed by atoms with Crippen molar-refractivity contribution in [2.24, 2.45) is 17.3 Å². The zero-order valence-corrected chi connectivity index (χ0v) is 21.3. The molecular formula is C26H39ClN2O4.